The van der Waals surface area contributed by atoms with Crippen molar-refractivity contribution in [2.75, 3.05) is 0 Å². The molecule has 2 rings (SSSR count). The lowest BCUT2D eigenvalue weighted by Crippen LogP contribution is -2.25. The molecule has 4 N–H and O–H groups in total. The fraction of sp³-hybridized carbons (Fsp3) is 0.368. The Morgan fingerprint density at radius 1 is 1.08 bits per heavy atom. The summed E-state index contributed by atoms with van der Waals surface area (Å²) in [5.74, 6) is -1.27. The number of aliphatic hydroxyl groups is 2. The zero-order chi connectivity index (χ0) is 19.5. The van der Waals surface area contributed by atoms with E-state index in [1.165, 1.54) is 6.08 Å². The van der Waals surface area contributed by atoms with Gasteiger partial charge in [-0.1, -0.05) is 38.1 Å². The van der Waals surface area contributed by atoms with Crippen molar-refractivity contribution >= 4 is 11.9 Å². The van der Waals surface area contributed by atoms with Gasteiger partial charge in [0.05, 0.1) is 0 Å². The maximum Gasteiger partial charge on any atom is 0.303 e. The molecule has 138 valence electrons. The molecule has 1 unspecified atom stereocenters. The third-order valence-corrected chi connectivity index (χ3v) is 3.37. The van der Waals surface area contributed by atoms with Crippen LogP contribution in [0.4, 0.5) is 0 Å². The molecule has 1 aliphatic rings. The van der Waals surface area contributed by atoms with Crippen molar-refractivity contribution in [1.29, 1.82) is 0 Å². The van der Waals surface area contributed by atoms with Crippen LogP contribution in [0.1, 0.15) is 44.2 Å². The van der Waals surface area contributed by atoms with Crippen LogP contribution >= 0.6 is 0 Å². The number of rotatable bonds is 3. The molecule has 0 heterocycles. The number of aliphatic hydroxyl groups excluding tert-OH is 1. The summed E-state index contributed by atoms with van der Waals surface area (Å²) in [5, 5.41) is 35.1. The highest BCUT2D eigenvalue weighted by molar-refractivity contribution is 5.66. The van der Waals surface area contributed by atoms with E-state index in [1.54, 1.807) is 26.0 Å². The number of carbonyl (C=O) groups is 2. The van der Waals surface area contributed by atoms with Crippen LogP contribution in [0.15, 0.2) is 48.3 Å². The Hall–Kier alpha value is -2.60. The minimum absolute atomic E-state index is 0.216. The third kappa shape index (κ3) is 8.72. The van der Waals surface area contributed by atoms with Gasteiger partial charge in [-0.2, -0.15) is 0 Å². The number of hydrogen-bond acceptors (Lipinski definition) is 4. The van der Waals surface area contributed by atoms with E-state index in [9.17, 15) is 19.8 Å². The van der Waals surface area contributed by atoms with E-state index >= 15 is 0 Å². The van der Waals surface area contributed by atoms with Crippen molar-refractivity contribution in [1.82, 2.24) is 0 Å². The molecule has 0 bridgehead atoms. The highest BCUT2D eigenvalue weighted by Gasteiger charge is 2.28. The first-order valence-electron chi connectivity index (χ1n) is 7.96. The quantitative estimate of drug-likeness (QED) is 0.663. The van der Waals surface area contributed by atoms with Gasteiger partial charge in [-0.3, -0.25) is 9.59 Å². The molecule has 0 saturated heterocycles. The standard InChI is InChI=1S/C13H14O2.2C3H6O2/c1-10-4-2-3-5-12(10)13(15)8-6-11(14)7-9-13;2*1-2-3(4)5/h2-8,14-15H,9H2,1H3;2*2H2,1H3,(H,4,5). The lowest BCUT2D eigenvalue weighted by molar-refractivity contribution is -0.137. The van der Waals surface area contributed by atoms with Crippen molar-refractivity contribution in [3.05, 3.63) is 59.4 Å². The fourth-order valence-electron chi connectivity index (χ4n) is 1.88. The number of benzene rings is 1. The summed E-state index contributed by atoms with van der Waals surface area (Å²) in [4.78, 5) is 18.7. The SMILES string of the molecule is CCC(=O)O.CCC(=O)O.Cc1ccccc1C1(O)C=CC(O)=CC1. The average molecular weight is 350 g/mol. The Bertz CT molecular complexity index is 619. The van der Waals surface area contributed by atoms with Gasteiger partial charge in [0.2, 0.25) is 0 Å². The molecular formula is C19H26O6. The van der Waals surface area contributed by atoms with Crippen molar-refractivity contribution < 1.29 is 30.0 Å². The van der Waals surface area contributed by atoms with Crippen molar-refractivity contribution in [3.63, 3.8) is 0 Å². The van der Waals surface area contributed by atoms with Crippen LogP contribution < -0.4 is 0 Å². The van der Waals surface area contributed by atoms with Crippen LogP contribution in [0, 0.1) is 6.92 Å². The predicted octanol–water partition coefficient (Wildman–Crippen LogP) is 3.55. The first-order chi connectivity index (χ1) is 11.7. The summed E-state index contributed by atoms with van der Waals surface area (Å²) < 4.78 is 0. The maximum atomic E-state index is 10.4. The second-order valence-electron chi connectivity index (χ2n) is 5.40. The molecular weight excluding hydrogens is 324 g/mol. The maximum absolute atomic E-state index is 10.4. The zero-order valence-corrected chi connectivity index (χ0v) is 14.8. The van der Waals surface area contributed by atoms with Crippen LogP contribution in [-0.4, -0.2) is 32.4 Å². The Morgan fingerprint density at radius 3 is 1.92 bits per heavy atom. The number of allylic oxidation sites excluding steroid dienone is 1. The van der Waals surface area contributed by atoms with Gasteiger partial charge < -0.3 is 20.4 Å². The monoisotopic (exact) mass is 350 g/mol. The van der Waals surface area contributed by atoms with Crippen LogP contribution in [0.5, 0.6) is 0 Å². The number of hydrogen-bond donors (Lipinski definition) is 4. The summed E-state index contributed by atoms with van der Waals surface area (Å²) in [6.07, 6.45) is 5.67. The van der Waals surface area contributed by atoms with Crippen molar-refractivity contribution in [3.8, 4) is 0 Å². The largest absolute Gasteiger partial charge is 0.508 e. The van der Waals surface area contributed by atoms with Crippen LogP contribution in [0.2, 0.25) is 0 Å². The second-order valence-corrected chi connectivity index (χ2v) is 5.40. The molecule has 25 heavy (non-hydrogen) atoms. The highest BCUT2D eigenvalue weighted by atomic mass is 16.4. The fourth-order valence-corrected chi connectivity index (χ4v) is 1.88. The normalized spacial score (nSPS) is 18.0. The predicted molar refractivity (Wildman–Crippen MR) is 95.4 cm³/mol. The van der Waals surface area contributed by atoms with E-state index < -0.39 is 17.5 Å². The van der Waals surface area contributed by atoms with E-state index in [4.69, 9.17) is 10.2 Å². The molecule has 0 aliphatic heterocycles. The van der Waals surface area contributed by atoms with E-state index in [0.717, 1.165) is 11.1 Å². The summed E-state index contributed by atoms with van der Waals surface area (Å²) in [6.45, 7) is 5.17. The molecule has 0 saturated carbocycles. The van der Waals surface area contributed by atoms with Crippen LogP contribution in [0.3, 0.4) is 0 Å². The van der Waals surface area contributed by atoms with Gasteiger partial charge >= 0.3 is 11.9 Å². The van der Waals surface area contributed by atoms with Crippen molar-refractivity contribution in [2.45, 2.75) is 45.6 Å². The summed E-state index contributed by atoms with van der Waals surface area (Å²) in [5.41, 5.74) is 0.974. The Morgan fingerprint density at radius 2 is 1.56 bits per heavy atom. The molecule has 1 aromatic rings. The summed E-state index contributed by atoms with van der Waals surface area (Å²) in [7, 11) is 0. The van der Waals surface area contributed by atoms with Gasteiger partial charge in [-0.15, -0.1) is 0 Å². The minimum atomic E-state index is -0.975. The second kappa shape index (κ2) is 11.0. The van der Waals surface area contributed by atoms with Gasteiger partial charge in [0, 0.05) is 19.3 Å². The highest BCUT2D eigenvalue weighted by Crippen LogP contribution is 2.32. The Kier molecular flexibility index (Phi) is 9.89. The minimum Gasteiger partial charge on any atom is -0.508 e. The average Bonchev–Trinajstić information content (AvgIpc) is 2.59. The lowest BCUT2D eigenvalue weighted by Gasteiger charge is -2.27. The van der Waals surface area contributed by atoms with Crippen LogP contribution in [0.25, 0.3) is 0 Å². The molecule has 0 aromatic heterocycles. The lowest BCUT2D eigenvalue weighted by atomic mass is 9.85. The van der Waals surface area contributed by atoms with Gasteiger partial charge in [0.25, 0.3) is 0 Å². The van der Waals surface area contributed by atoms with E-state index in [2.05, 4.69) is 0 Å². The molecule has 0 fully saturated rings. The van der Waals surface area contributed by atoms with E-state index in [1.807, 2.05) is 31.2 Å². The van der Waals surface area contributed by atoms with Crippen LogP contribution in [-0.2, 0) is 15.2 Å². The van der Waals surface area contributed by atoms with E-state index in [0.29, 0.717) is 6.42 Å². The molecule has 0 amide bonds. The van der Waals surface area contributed by atoms with Crippen molar-refractivity contribution in [2.24, 2.45) is 0 Å². The van der Waals surface area contributed by atoms with Gasteiger partial charge in [-0.05, 0) is 36.3 Å². The summed E-state index contributed by atoms with van der Waals surface area (Å²) >= 11 is 0. The molecule has 6 nitrogen and oxygen atoms in total. The number of carboxylic acid groups (broad SMARTS) is 2. The Labute approximate surface area is 147 Å². The summed E-state index contributed by atoms with van der Waals surface area (Å²) in [6, 6.07) is 7.74. The molecule has 1 atom stereocenters. The molecule has 0 radical (unpaired) electrons. The topological polar surface area (TPSA) is 115 Å². The van der Waals surface area contributed by atoms with Gasteiger partial charge in [0.15, 0.2) is 0 Å². The first kappa shape index (κ1) is 22.4. The third-order valence-electron chi connectivity index (χ3n) is 3.37. The number of aliphatic carboxylic acids is 2. The van der Waals surface area contributed by atoms with Gasteiger partial charge in [-0.25, -0.2) is 0 Å². The first-order valence-corrected chi connectivity index (χ1v) is 7.96. The van der Waals surface area contributed by atoms with Gasteiger partial charge in [0.1, 0.15) is 11.4 Å². The number of aryl methyl sites for hydroxylation is 1. The number of carboxylic acids is 2. The molecule has 1 aromatic carbocycles. The molecule has 1 aliphatic carbocycles. The smallest absolute Gasteiger partial charge is 0.303 e. The molecule has 0 spiro atoms. The zero-order valence-electron chi connectivity index (χ0n) is 14.8. The van der Waals surface area contributed by atoms with E-state index in [-0.39, 0.29) is 18.6 Å². The molecule has 6 heteroatoms. The Balaban J connectivity index is 0.000000480.